The van der Waals surface area contributed by atoms with Crippen LogP contribution in [0.5, 0.6) is 11.6 Å². The molecule has 1 aliphatic rings. The minimum Gasteiger partial charge on any atom is -0.497 e. The summed E-state index contributed by atoms with van der Waals surface area (Å²) in [6, 6.07) is 11.2. The molecule has 4 rings (SSSR count). The van der Waals surface area contributed by atoms with Crippen LogP contribution < -0.4 is 9.47 Å². The highest BCUT2D eigenvalue weighted by atomic mass is 16.5. The predicted molar refractivity (Wildman–Crippen MR) is 109 cm³/mol. The average Bonchev–Trinajstić information content (AvgIpc) is 2.78. The lowest BCUT2D eigenvalue weighted by Gasteiger charge is -2.26. The molecule has 148 valence electrons. The molecule has 0 amide bonds. The third-order valence-electron chi connectivity index (χ3n) is 4.57. The van der Waals surface area contributed by atoms with E-state index in [1.807, 2.05) is 36.4 Å². The zero-order valence-corrected chi connectivity index (χ0v) is 16.3. The standard InChI is InChI=1S/C22H22N4O3/c1-27-18-7-4-17(5-8-18)6-9-20-22(25-19-3-2-10-23-21(19)24-20)29-16-13-26-11-14-28-15-12-26/h2-5,7-8,10H,11-16H2,1H3. The van der Waals surface area contributed by atoms with Crippen molar-refractivity contribution in [2.75, 3.05) is 46.6 Å². The van der Waals surface area contributed by atoms with Crippen LogP contribution in [0.4, 0.5) is 0 Å². The van der Waals surface area contributed by atoms with Gasteiger partial charge in [0.15, 0.2) is 11.3 Å². The lowest BCUT2D eigenvalue weighted by atomic mass is 10.2. The summed E-state index contributed by atoms with van der Waals surface area (Å²) in [6.45, 7) is 4.68. The van der Waals surface area contributed by atoms with Crippen molar-refractivity contribution in [2.45, 2.75) is 0 Å². The van der Waals surface area contributed by atoms with Gasteiger partial charge in [0, 0.05) is 31.4 Å². The van der Waals surface area contributed by atoms with Crippen molar-refractivity contribution in [2.24, 2.45) is 0 Å². The minimum absolute atomic E-state index is 0.430. The van der Waals surface area contributed by atoms with Crippen LogP contribution in [0.25, 0.3) is 11.2 Å². The predicted octanol–water partition coefficient (Wildman–Crippen LogP) is 2.14. The summed E-state index contributed by atoms with van der Waals surface area (Å²) in [4.78, 5) is 15.7. The Bertz CT molecular complexity index is 1020. The van der Waals surface area contributed by atoms with Gasteiger partial charge in [-0.05, 0) is 42.3 Å². The Morgan fingerprint density at radius 1 is 1.07 bits per heavy atom. The maximum absolute atomic E-state index is 5.97. The van der Waals surface area contributed by atoms with E-state index in [0.717, 1.165) is 44.2 Å². The fourth-order valence-corrected chi connectivity index (χ4v) is 2.96. The molecule has 1 aliphatic heterocycles. The molecule has 7 heteroatoms. The molecular weight excluding hydrogens is 368 g/mol. The van der Waals surface area contributed by atoms with Gasteiger partial charge in [-0.1, -0.05) is 5.92 Å². The summed E-state index contributed by atoms with van der Waals surface area (Å²) < 4.78 is 16.5. The maximum Gasteiger partial charge on any atom is 0.249 e. The first kappa shape index (κ1) is 19.1. The number of hydrogen-bond acceptors (Lipinski definition) is 7. The van der Waals surface area contributed by atoms with Crippen molar-refractivity contribution in [1.29, 1.82) is 0 Å². The largest absolute Gasteiger partial charge is 0.497 e. The molecule has 0 saturated carbocycles. The molecule has 2 aromatic heterocycles. The highest BCUT2D eigenvalue weighted by Gasteiger charge is 2.12. The number of morpholine rings is 1. The smallest absolute Gasteiger partial charge is 0.249 e. The summed E-state index contributed by atoms with van der Waals surface area (Å²) in [6.07, 6.45) is 1.69. The summed E-state index contributed by atoms with van der Waals surface area (Å²) in [5.41, 5.74) is 2.57. The molecule has 0 spiro atoms. The van der Waals surface area contributed by atoms with E-state index in [9.17, 15) is 0 Å². The van der Waals surface area contributed by atoms with E-state index >= 15 is 0 Å². The van der Waals surface area contributed by atoms with Gasteiger partial charge in [0.2, 0.25) is 5.88 Å². The second kappa shape index (κ2) is 9.32. The van der Waals surface area contributed by atoms with Gasteiger partial charge in [-0.25, -0.2) is 15.0 Å². The fraction of sp³-hybridized carbons (Fsp3) is 0.318. The molecule has 0 N–H and O–H groups in total. The molecule has 3 heterocycles. The molecule has 1 aromatic carbocycles. The van der Waals surface area contributed by atoms with Crippen LogP contribution in [0.1, 0.15) is 11.3 Å². The van der Waals surface area contributed by atoms with Gasteiger partial charge in [0.25, 0.3) is 0 Å². The number of aromatic nitrogens is 3. The second-order valence-corrected chi connectivity index (χ2v) is 6.50. The molecule has 3 aromatic rings. The summed E-state index contributed by atoms with van der Waals surface area (Å²) in [5.74, 6) is 7.42. The number of pyridine rings is 1. The molecule has 0 atom stereocenters. The molecule has 0 radical (unpaired) electrons. The van der Waals surface area contributed by atoms with Crippen LogP contribution in [0, 0.1) is 11.8 Å². The highest BCUT2D eigenvalue weighted by molar-refractivity contribution is 5.71. The molecule has 0 bridgehead atoms. The molecule has 0 aliphatic carbocycles. The number of fused-ring (bicyclic) bond motifs is 1. The van der Waals surface area contributed by atoms with E-state index in [0.29, 0.717) is 29.3 Å². The van der Waals surface area contributed by atoms with Gasteiger partial charge in [0.1, 0.15) is 17.9 Å². The van der Waals surface area contributed by atoms with E-state index in [-0.39, 0.29) is 0 Å². The molecule has 1 fully saturated rings. The van der Waals surface area contributed by atoms with Gasteiger partial charge in [0.05, 0.1) is 20.3 Å². The molecule has 0 unspecified atom stereocenters. The van der Waals surface area contributed by atoms with Crippen LogP contribution in [0.15, 0.2) is 42.6 Å². The molecule has 29 heavy (non-hydrogen) atoms. The van der Waals surface area contributed by atoms with Crippen LogP contribution in [0.2, 0.25) is 0 Å². The maximum atomic E-state index is 5.97. The lowest BCUT2D eigenvalue weighted by molar-refractivity contribution is 0.0320. The summed E-state index contributed by atoms with van der Waals surface area (Å²) in [5, 5.41) is 0. The van der Waals surface area contributed by atoms with E-state index in [2.05, 4.69) is 31.7 Å². The highest BCUT2D eigenvalue weighted by Crippen LogP contribution is 2.17. The number of nitrogens with zero attached hydrogens (tertiary/aromatic N) is 4. The monoisotopic (exact) mass is 390 g/mol. The van der Waals surface area contributed by atoms with Crippen LogP contribution in [-0.2, 0) is 4.74 Å². The summed E-state index contributed by atoms with van der Waals surface area (Å²) in [7, 11) is 1.64. The number of ether oxygens (including phenoxy) is 3. The zero-order chi connectivity index (χ0) is 19.9. The summed E-state index contributed by atoms with van der Waals surface area (Å²) >= 11 is 0. The quantitative estimate of drug-likeness (QED) is 0.618. The molecule has 1 saturated heterocycles. The van der Waals surface area contributed by atoms with Crippen LogP contribution >= 0.6 is 0 Å². The molecule has 7 nitrogen and oxygen atoms in total. The molecular formula is C22H22N4O3. The van der Waals surface area contributed by atoms with E-state index in [1.54, 1.807) is 13.3 Å². The van der Waals surface area contributed by atoms with E-state index in [1.165, 1.54) is 0 Å². The topological polar surface area (TPSA) is 69.6 Å². The van der Waals surface area contributed by atoms with E-state index in [4.69, 9.17) is 14.2 Å². The Hall–Kier alpha value is -3.21. The zero-order valence-electron chi connectivity index (χ0n) is 16.3. The Kier molecular flexibility index (Phi) is 6.15. The number of hydrogen-bond donors (Lipinski definition) is 0. The normalized spacial score (nSPS) is 14.2. The second-order valence-electron chi connectivity index (χ2n) is 6.50. The first-order valence-electron chi connectivity index (χ1n) is 9.53. The van der Waals surface area contributed by atoms with Crippen molar-refractivity contribution in [1.82, 2.24) is 19.9 Å². The van der Waals surface area contributed by atoms with Crippen molar-refractivity contribution in [3.63, 3.8) is 0 Å². The van der Waals surface area contributed by atoms with Crippen molar-refractivity contribution in [3.8, 4) is 23.5 Å². The van der Waals surface area contributed by atoms with Crippen molar-refractivity contribution >= 4 is 11.2 Å². The Morgan fingerprint density at radius 2 is 1.90 bits per heavy atom. The third kappa shape index (κ3) is 4.99. The van der Waals surface area contributed by atoms with Gasteiger partial charge in [-0.15, -0.1) is 0 Å². The Labute approximate surface area is 169 Å². The van der Waals surface area contributed by atoms with Gasteiger partial charge in [-0.3, -0.25) is 4.90 Å². The van der Waals surface area contributed by atoms with Gasteiger partial charge < -0.3 is 14.2 Å². The fourth-order valence-electron chi connectivity index (χ4n) is 2.96. The lowest BCUT2D eigenvalue weighted by Crippen LogP contribution is -2.38. The van der Waals surface area contributed by atoms with Crippen molar-refractivity contribution in [3.05, 3.63) is 53.9 Å². The van der Waals surface area contributed by atoms with Crippen LogP contribution in [0.3, 0.4) is 0 Å². The first-order chi connectivity index (χ1) is 14.3. The number of rotatable bonds is 5. The number of methoxy groups -OCH3 is 1. The average molecular weight is 390 g/mol. The number of benzene rings is 1. The SMILES string of the molecule is COc1ccc(C#Cc2nc3ncccc3nc2OCCN2CCOCC2)cc1. The van der Waals surface area contributed by atoms with Crippen LogP contribution in [-0.4, -0.2) is 66.4 Å². The Morgan fingerprint density at radius 3 is 2.69 bits per heavy atom. The first-order valence-corrected chi connectivity index (χ1v) is 9.53. The van der Waals surface area contributed by atoms with Gasteiger partial charge >= 0.3 is 0 Å². The van der Waals surface area contributed by atoms with Gasteiger partial charge in [-0.2, -0.15) is 0 Å². The van der Waals surface area contributed by atoms with E-state index < -0.39 is 0 Å². The van der Waals surface area contributed by atoms with Crippen molar-refractivity contribution < 1.29 is 14.2 Å². The third-order valence-corrected chi connectivity index (χ3v) is 4.57. The Balaban J connectivity index is 1.55. The minimum atomic E-state index is 0.430.